The highest BCUT2D eigenvalue weighted by molar-refractivity contribution is 9.12. The van der Waals surface area contributed by atoms with Gasteiger partial charge in [0.25, 0.3) is 11.8 Å². The SMILES string of the molecule is C=C(/C=C(\C)CC)/C(Br)=C\C=NC.CC.CC.CCCC(CCC)c1ccc(C(=O)N(C)C2=CC=C(C3CCN(Cc4ccc5c(c4)n(C)c(=O)n5C4CCC(=O)NC4=O)CC3(F)F)CC2)cc1. The van der Waals surface area contributed by atoms with Gasteiger partial charge in [0.1, 0.15) is 6.04 Å². The molecule has 372 valence electrons. The summed E-state index contributed by atoms with van der Waals surface area (Å²) < 4.78 is 35.4. The second-order valence-electron chi connectivity index (χ2n) is 17.3. The minimum atomic E-state index is -2.93. The molecule has 2 saturated heterocycles. The summed E-state index contributed by atoms with van der Waals surface area (Å²) in [5.74, 6) is -4.25. The number of imidazole rings is 1. The molecule has 2 unspecified atom stereocenters. The number of likely N-dealkylation sites (tertiary alicyclic amines) is 1. The van der Waals surface area contributed by atoms with Crippen LogP contribution < -0.4 is 11.0 Å². The molecular formula is C55H77BrF2N6O4. The molecule has 3 aliphatic rings. The number of imide groups is 1. The number of nitrogens with one attached hydrogen (secondary N) is 1. The van der Waals surface area contributed by atoms with Crippen molar-refractivity contribution in [3.05, 3.63) is 127 Å². The maximum Gasteiger partial charge on any atom is 0.329 e. The second-order valence-corrected chi connectivity index (χ2v) is 18.1. The number of hydrogen-bond donors (Lipinski definition) is 1. The zero-order valence-electron chi connectivity index (χ0n) is 42.6. The average molecular weight is 1000 g/mol. The van der Waals surface area contributed by atoms with Gasteiger partial charge >= 0.3 is 5.69 Å². The lowest BCUT2D eigenvalue weighted by atomic mass is 9.81. The maximum absolute atomic E-state index is 15.8. The maximum atomic E-state index is 15.8. The van der Waals surface area contributed by atoms with E-state index in [1.54, 1.807) is 49.3 Å². The largest absolute Gasteiger partial charge is 0.329 e. The Kier molecular flexibility index (Phi) is 23.5. The third kappa shape index (κ3) is 15.0. The van der Waals surface area contributed by atoms with Gasteiger partial charge in [0.2, 0.25) is 11.8 Å². The number of benzene rings is 2. The van der Waals surface area contributed by atoms with Crippen LogP contribution in [0.4, 0.5) is 8.78 Å². The van der Waals surface area contributed by atoms with E-state index in [0.29, 0.717) is 54.9 Å². The Morgan fingerprint density at radius 1 is 0.971 bits per heavy atom. The van der Waals surface area contributed by atoms with Crippen molar-refractivity contribution in [3.8, 4) is 0 Å². The summed E-state index contributed by atoms with van der Waals surface area (Å²) in [5.41, 5.74) is 7.33. The standard InChI is InChI=1S/C40H49F2N5O4.C11H16BrN.2C2H6/c1-5-7-27(8-6-2)28-10-12-30(13-11-28)38(50)44(3)31-16-14-29(15-17-31)32-21-22-46(25-40(32,41)42)24-26-9-18-33-35(23-26)45(4)39(51)47(33)34-19-20-36(48)43-37(34)49;1-5-9(2)8-10(3)11(12)6-7-13-4;2*1-2/h9-14,16,18,23,27,32,34H,5-8,15,17,19-22,24-25H2,1-4H3,(H,43,48,49);6-8H,3,5H2,1-2,4H3;2*1-2H3/b;9-8+,11-6+,13-7?;;. The molecule has 68 heavy (non-hydrogen) atoms. The third-order valence-electron chi connectivity index (χ3n) is 12.7. The summed E-state index contributed by atoms with van der Waals surface area (Å²) in [4.78, 5) is 57.9. The van der Waals surface area contributed by atoms with E-state index in [0.717, 1.165) is 59.0 Å². The van der Waals surface area contributed by atoms with Gasteiger partial charge in [-0.2, -0.15) is 0 Å². The van der Waals surface area contributed by atoms with Crippen LogP contribution >= 0.6 is 15.9 Å². The molecular weight excluding hydrogens is 927 g/mol. The first-order valence-electron chi connectivity index (χ1n) is 24.6. The Morgan fingerprint density at radius 2 is 1.63 bits per heavy atom. The van der Waals surface area contributed by atoms with Crippen LogP contribution in [0, 0.1) is 5.92 Å². The number of halogens is 3. The molecule has 1 N–H and O–H groups in total. The van der Waals surface area contributed by atoms with Crippen LogP contribution in [0.25, 0.3) is 11.0 Å². The van der Waals surface area contributed by atoms with Gasteiger partial charge in [0.15, 0.2) is 0 Å². The second kappa shape index (κ2) is 27.9. The van der Waals surface area contributed by atoms with Crippen molar-refractivity contribution in [2.45, 2.75) is 144 Å². The lowest BCUT2D eigenvalue weighted by molar-refractivity contribution is -0.135. The number of rotatable bonds is 15. The highest BCUT2D eigenvalue weighted by atomic mass is 79.9. The van der Waals surface area contributed by atoms with Crippen molar-refractivity contribution in [2.24, 2.45) is 18.0 Å². The van der Waals surface area contributed by atoms with Gasteiger partial charge in [0.05, 0.1) is 17.6 Å². The predicted octanol–water partition coefficient (Wildman–Crippen LogP) is 12.8. The number of aromatic nitrogens is 2. The Hall–Kier alpha value is -5.01. The van der Waals surface area contributed by atoms with Crippen LogP contribution in [0.2, 0.25) is 0 Å². The number of aliphatic imine (C=N–C) groups is 1. The normalized spacial score (nSPS) is 18.6. The average Bonchev–Trinajstić information content (AvgIpc) is 3.58. The highest BCUT2D eigenvalue weighted by Crippen LogP contribution is 2.42. The highest BCUT2D eigenvalue weighted by Gasteiger charge is 2.46. The van der Waals surface area contributed by atoms with E-state index in [4.69, 9.17) is 0 Å². The molecule has 3 heterocycles. The summed E-state index contributed by atoms with van der Waals surface area (Å²) >= 11 is 3.43. The first kappa shape index (κ1) is 57.3. The van der Waals surface area contributed by atoms with E-state index < -0.39 is 23.8 Å². The van der Waals surface area contributed by atoms with Crippen molar-refractivity contribution < 1.29 is 23.2 Å². The number of carbonyl (C=O) groups is 3. The van der Waals surface area contributed by atoms with Crippen LogP contribution in [-0.2, 0) is 23.2 Å². The lowest BCUT2D eigenvalue weighted by Gasteiger charge is -2.40. The van der Waals surface area contributed by atoms with Gasteiger partial charge in [-0.1, -0.05) is 125 Å². The molecule has 0 bridgehead atoms. The Morgan fingerprint density at radius 3 is 2.19 bits per heavy atom. The first-order valence-corrected chi connectivity index (χ1v) is 25.4. The number of fused-ring (bicyclic) bond motifs is 1. The van der Waals surface area contributed by atoms with Crippen LogP contribution in [-0.4, -0.2) is 76.0 Å². The van der Waals surface area contributed by atoms with Crippen molar-refractivity contribution in [1.29, 1.82) is 0 Å². The van der Waals surface area contributed by atoms with Crippen molar-refractivity contribution in [3.63, 3.8) is 0 Å². The minimum Gasteiger partial charge on any atom is -0.315 e. The monoisotopic (exact) mass is 1000 g/mol. The van der Waals surface area contributed by atoms with E-state index in [1.165, 1.54) is 20.3 Å². The van der Waals surface area contributed by atoms with Crippen molar-refractivity contribution >= 4 is 50.9 Å². The van der Waals surface area contributed by atoms with Crippen molar-refractivity contribution in [1.82, 2.24) is 24.3 Å². The summed E-state index contributed by atoms with van der Waals surface area (Å²) in [6.45, 7) is 21.0. The molecule has 3 amide bonds. The zero-order valence-corrected chi connectivity index (χ0v) is 44.1. The minimum absolute atomic E-state index is 0.100. The Labute approximate surface area is 413 Å². The Bertz CT molecular complexity index is 2400. The predicted molar refractivity (Wildman–Crippen MR) is 281 cm³/mol. The number of alkyl halides is 2. The molecule has 2 aromatic carbocycles. The fourth-order valence-electron chi connectivity index (χ4n) is 8.92. The number of nitrogens with zero attached hydrogens (tertiary/aromatic N) is 5. The zero-order chi connectivity index (χ0) is 50.7. The van der Waals surface area contributed by atoms with Gasteiger partial charge in [0, 0.05) is 62.0 Å². The van der Waals surface area contributed by atoms with Gasteiger partial charge < -0.3 is 4.90 Å². The summed E-state index contributed by atoms with van der Waals surface area (Å²) in [6.07, 6.45) is 16.6. The first-order chi connectivity index (χ1) is 32.5. The van der Waals surface area contributed by atoms with E-state index in [2.05, 4.69) is 78.7 Å². The van der Waals surface area contributed by atoms with Crippen molar-refractivity contribution in [2.75, 3.05) is 27.2 Å². The molecule has 2 atom stereocenters. The fraction of sp³-hybridized carbons (Fsp3) is 0.509. The number of allylic oxidation sites excluding steroid dienone is 9. The fourth-order valence-corrected chi connectivity index (χ4v) is 9.15. The lowest BCUT2D eigenvalue weighted by Crippen LogP contribution is -2.48. The van der Waals surface area contributed by atoms with Crippen LogP contribution in [0.1, 0.15) is 153 Å². The molecule has 1 aliphatic carbocycles. The molecule has 2 fully saturated rings. The summed E-state index contributed by atoms with van der Waals surface area (Å²) in [7, 11) is 5.12. The molecule has 0 spiro atoms. The smallest absolute Gasteiger partial charge is 0.315 e. The molecule has 2 aliphatic heterocycles. The summed E-state index contributed by atoms with van der Waals surface area (Å²) in [5, 5.41) is 2.31. The number of amides is 3. The van der Waals surface area contributed by atoms with E-state index >= 15 is 8.78 Å². The topological polar surface area (TPSA) is 109 Å². The molecule has 1 aromatic heterocycles. The number of hydrogen-bond acceptors (Lipinski definition) is 6. The van der Waals surface area contributed by atoms with Gasteiger partial charge in [-0.25, -0.2) is 13.6 Å². The number of piperidine rings is 2. The van der Waals surface area contributed by atoms with Crippen LogP contribution in [0.3, 0.4) is 0 Å². The van der Waals surface area contributed by atoms with Gasteiger partial charge in [-0.05, 0) is 117 Å². The Balaban J connectivity index is 0.000000620. The molecule has 3 aromatic rings. The van der Waals surface area contributed by atoms with Gasteiger partial charge in [-0.3, -0.25) is 38.7 Å². The van der Waals surface area contributed by atoms with Crippen LogP contribution in [0.15, 0.2) is 110 Å². The molecule has 0 radical (unpaired) electrons. The number of aryl methyl sites for hydroxylation is 1. The molecule has 10 nitrogen and oxygen atoms in total. The molecule has 6 rings (SSSR count). The third-order valence-corrected chi connectivity index (χ3v) is 13.4. The quantitative estimate of drug-likeness (QED) is 0.0927. The molecule has 13 heteroatoms. The van der Waals surface area contributed by atoms with Crippen LogP contribution in [0.5, 0.6) is 0 Å². The van der Waals surface area contributed by atoms with E-state index in [1.807, 2.05) is 64.1 Å². The van der Waals surface area contributed by atoms with E-state index in [9.17, 15) is 19.2 Å². The summed E-state index contributed by atoms with van der Waals surface area (Å²) in [6, 6.07) is 12.6. The number of carbonyl (C=O) groups excluding carboxylic acids is 3. The molecule has 0 saturated carbocycles. The van der Waals surface area contributed by atoms with E-state index in [-0.39, 0.29) is 36.9 Å². The van der Waals surface area contributed by atoms with Gasteiger partial charge in [-0.15, -0.1) is 0 Å².